The monoisotopic (exact) mass is 626 g/mol. The predicted octanol–water partition coefficient (Wildman–Crippen LogP) is 5.48. The van der Waals surface area contributed by atoms with E-state index in [1.54, 1.807) is 18.2 Å². The van der Waals surface area contributed by atoms with Gasteiger partial charge in [-0.1, -0.05) is 33.7 Å². The summed E-state index contributed by atoms with van der Waals surface area (Å²) in [6.07, 6.45) is -2.70. The first-order valence-corrected chi connectivity index (χ1v) is 14.7. The maximum Gasteiger partial charge on any atom is 0.493 e. The predicted molar refractivity (Wildman–Crippen MR) is 137 cm³/mol. The Morgan fingerprint density at radius 2 is 1.70 bits per heavy atom. The van der Waals surface area contributed by atoms with Gasteiger partial charge in [-0.25, -0.2) is 17.6 Å². The van der Waals surface area contributed by atoms with Crippen LogP contribution in [0.2, 0.25) is 10.0 Å². The molecule has 2 aromatic carbocycles. The van der Waals surface area contributed by atoms with E-state index in [1.807, 2.05) is 0 Å². The minimum atomic E-state index is -5.58. The second-order valence-corrected chi connectivity index (χ2v) is 12.2. The maximum atomic E-state index is 15.6. The fourth-order valence-corrected chi connectivity index (χ4v) is 5.29. The van der Waals surface area contributed by atoms with E-state index in [0.717, 1.165) is 6.07 Å². The molecule has 0 spiro atoms. The Morgan fingerprint density at radius 1 is 1.05 bits per heavy atom. The van der Waals surface area contributed by atoms with Crippen LogP contribution >= 0.6 is 23.2 Å². The van der Waals surface area contributed by atoms with Gasteiger partial charge in [0.05, 0.1) is 21.9 Å². The molecule has 0 atom stereocenters. The van der Waals surface area contributed by atoms with E-state index in [0.29, 0.717) is 72.9 Å². The Hall–Kier alpha value is -2.61. The van der Waals surface area contributed by atoms with Gasteiger partial charge >= 0.3 is 18.1 Å². The zero-order valence-corrected chi connectivity index (χ0v) is 23.3. The number of alkyl halides is 3. The molecule has 0 unspecified atom stereocenters. The Morgan fingerprint density at radius 3 is 2.25 bits per heavy atom. The molecule has 4 rings (SSSR count). The number of sulfonamides is 1. The zero-order valence-electron chi connectivity index (χ0n) is 21.0. The van der Waals surface area contributed by atoms with Gasteiger partial charge in [0.15, 0.2) is 0 Å². The lowest BCUT2D eigenvalue weighted by Gasteiger charge is -2.32. The number of piperidine rings is 1. The molecule has 15 heteroatoms. The molecule has 8 nitrogen and oxygen atoms in total. The summed E-state index contributed by atoms with van der Waals surface area (Å²) in [6, 6.07) is 7.43. The number of ether oxygens (including phenoxy) is 1. The van der Waals surface area contributed by atoms with Gasteiger partial charge in [-0.15, -0.1) is 0 Å². The number of halogens is 6. The summed E-state index contributed by atoms with van der Waals surface area (Å²) in [5.41, 5.74) is -0.0611. The van der Waals surface area contributed by atoms with Crippen molar-refractivity contribution in [2.24, 2.45) is 0 Å². The fourth-order valence-electron chi connectivity index (χ4n) is 4.40. The number of benzene rings is 2. The molecule has 1 heterocycles. The van der Waals surface area contributed by atoms with Crippen molar-refractivity contribution >= 4 is 45.1 Å². The molecule has 1 aliphatic heterocycles. The second kappa shape index (κ2) is 11.7. The number of amides is 1. The van der Waals surface area contributed by atoms with Crippen molar-refractivity contribution in [2.45, 2.75) is 50.4 Å². The highest BCUT2D eigenvalue weighted by molar-refractivity contribution is 7.88. The molecule has 1 aliphatic carbocycles. The van der Waals surface area contributed by atoms with E-state index in [4.69, 9.17) is 27.9 Å². The minimum absolute atomic E-state index is 0.0745. The fraction of sp³-hybridized carbons (Fsp3) is 0.440. The topological polar surface area (TPSA) is 93.2 Å². The average Bonchev–Trinajstić information content (AvgIpc) is 3.69. The van der Waals surface area contributed by atoms with Crippen molar-refractivity contribution < 1.29 is 45.1 Å². The van der Waals surface area contributed by atoms with Crippen LogP contribution in [0.4, 0.5) is 17.6 Å². The van der Waals surface area contributed by atoms with Gasteiger partial charge in [0, 0.05) is 25.7 Å². The van der Waals surface area contributed by atoms with Crippen LogP contribution < -0.4 is 4.74 Å². The summed E-state index contributed by atoms with van der Waals surface area (Å²) in [7, 11) is -4.83. The zero-order chi connectivity index (χ0) is 29.4. The van der Waals surface area contributed by atoms with Crippen LogP contribution in [-0.4, -0.2) is 61.3 Å². The van der Waals surface area contributed by atoms with Crippen molar-refractivity contribution in [1.82, 2.24) is 9.37 Å². The van der Waals surface area contributed by atoms with Crippen LogP contribution in [0.3, 0.4) is 0 Å². The van der Waals surface area contributed by atoms with Crippen molar-refractivity contribution in [3.8, 4) is 5.75 Å². The van der Waals surface area contributed by atoms with Crippen molar-refractivity contribution in [1.29, 1.82) is 0 Å². The standard InChI is InChI=1S/C25H24Cl2F4N2O6S/c1-40(36,37)33(39-24(35)25(29,30)31)23(34)18-6-4-15(21(22(18)28)14-2-3-14)13-32-10-8-16(9-11-32)38-17-5-7-19(26)20(27)12-17/h4-7,12,14,16H,2-3,8-11,13H2,1H3. The summed E-state index contributed by atoms with van der Waals surface area (Å²) in [5, 5.41) is 0.799. The molecule has 218 valence electrons. The molecule has 1 amide bonds. The van der Waals surface area contributed by atoms with Crippen LogP contribution in [0.1, 0.15) is 53.1 Å². The van der Waals surface area contributed by atoms with E-state index in [2.05, 4.69) is 9.74 Å². The van der Waals surface area contributed by atoms with Gasteiger partial charge in [-0.3, -0.25) is 9.69 Å². The number of carbonyl (C=O) groups excluding carboxylic acids is 2. The van der Waals surface area contributed by atoms with Crippen LogP contribution in [0.25, 0.3) is 0 Å². The highest BCUT2D eigenvalue weighted by Gasteiger charge is 2.46. The lowest BCUT2D eigenvalue weighted by Crippen LogP contribution is -2.42. The SMILES string of the molecule is CS(=O)(=O)N(OC(=O)C(F)(F)F)C(=O)c1ccc(CN2CCC(Oc3ccc(Cl)c(Cl)c3)CC2)c(C2CC2)c1F. The number of hydrogen-bond acceptors (Lipinski definition) is 7. The largest absolute Gasteiger partial charge is 0.493 e. The van der Waals surface area contributed by atoms with E-state index in [9.17, 15) is 31.2 Å². The normalized spacial score (nSPS) is 17.0. The highest BCUT2D eigenvalue weighted by atomic mass is 35.5. The third-order valence-corrected chi connectivity index (χ3v) is 8.05. The molecule has 2 aliphatic rings. The van der Waals surface area contributed by atoms with Crippen LogP contribution in [0.5, 0.6) is 5.75 Å². The van der Waals surface area contributed by atoms with Crippen molar-refractivity contribution in [3.05, 3.63) is 62.9 Å². The number of hydroxylamine groups is 1. The smallest absolute Gasteiger partial charge is 0.490 e. The van der Waals surface area contributed by atoms with E-state index < -0.39 is 43.9 Å². The number of carbonyl (C=O) groups is 2. The molecule has 1 saturated heterocycles. The van der Waals surface area contributed by atoms with E-state index in [-0.39, 0.29) is 17.6 Å². The molecule has 40 heavy (non-hydrogen) atoms. The Kier molecular flexibility index (Phi) is 8.88. The lowest BCUT2D eigenvalue weighted by molar-refractivity contribution is -0.216. The van der Waals surface area contributed by atoms with Gasteiger partial charge in [0.2, 0.25) is 0 Å². The molecular weight excluding hydrogens is 603 g/mol. The Bertz CT molecular complexity index is 1410. The van der Waals surface area contributed by atoms with Crippen LogP contribution in [0, 0.1) is 5.82 Å². The minimum Gasteiger partial charge on any atom is -0.490 e. The van der Waals surface area contributed by atoms with Gasteiger partial charge in [-0.2, -0.15) is 13.2 Å². The molecule has 2 aromatic rings. The van der Waals surface area contributed by atoms with E-state index in [1.165, 1.54) is 6.07 Å². The summed E-state index contributed by atoms with van der Waals surface area (Å²) in [4.78, 5) is 29.9. The van der Waals surface area contributed by atoms with Crippen molar-refractivity contribution in [2.75, 3.05) is 19.3 Å². The van der Waals surface area contributed by atoms with Gasteiger partial charge in [-0.05, 0) is 60.9 Å². The third kappa shape index (κ3) is 7.17. The second-order valence-electron chi connectivity index (χ2n) is 9.62. The molecule has 2 fully saturated rings. The number of nitrogens with zero attached hydrogens (tertiary/aromatic N) is 2. The number of hydrogen-bond donors (Lipinski definition) is 0. The van der Waals surface area contributed by atoms with Gasteiger partial charge in [0.1, 0.15) is 17.7 Å². The molecule has 1 saturated carbocycles. The number of likely N-dealkylation sites (tertiary alicyclic amines) is 1. The summed E-state index contributed by atoms with van der Waals surface area (Å²) in [5.74, 6) is -5.37. The molecule has 0 radical (unpaired) electrons. The van der Waals surface area contributed by atoms with E-state index >= 15 is 4.39 Å². The van der Waals surface area contributed by atoms with Crippen LogP contribution in [0.15, 0.2) is 30.3 Å². The molecule has 0 bridgehead atoms. The van der Waals surface area contributed by atoms with Gasteiger partial charge < -0.3 is 9.57 Å². The lowest BCUT2D eigenvalue weighted by atomic mass is 9.97. The highest BCUT2D eigenvalue weighted by Crippen LogP contribution is 2.44. The molecule has 0 N–H and O–H groups in total. The first-order chi connectivity index (χ1) is 18.6. The summed E-state index contributed by atoms with van der Waals surface area (Å²) in [6.45, 7) is 1.57. The molecular formula is C25H24Cl2F4N2O6S. The van der Waals surface area contributed by atoms with Gasteiger partial charge in [0.25, 0.3) is 10.0 Å². The third-order valence-electron chi connectivity index (χ3n) is 6.47. The Labute approximate surface area is 237 Å². The van der Waals surface area contributed by atoms with Crippen molar-refractivity contribution in [3.63, 3.8) is 0 Å². The summed E-state index contributed by atoms with van der Waals surface area (Å²) < 4.78 is 82.8. The van der Waals surface area contributed by atoms with Crippen LogP contribution in [-0.2, 0) is 26.2 Å². The number of rotatable bonds is 7. The quantitative estimate of drug-likeness (QED) is 0.297. The average molecular weight is 627 g/mol. The first-order valence-electron chi connectivity index (χ1n) is 12.1. The Balaban J connectivity index is 1.48. The maximum absolute atomic E-state index is 15.6. The first kappa shape index (κ1) is 30.4. The molecule has 0 aromatic heterocycles. The summed E-state index contributed by atoms with van der Waals surface area (Å²) >= 11 is 12.0.